The highest BCUT2D eigenvalue weighted by Crippen LogP contribution is 2.29. The smallest absolute Gasteiger partial charge is 0.138 e. The minimum Gasteiger partial charge on any atom is -0.489 e. The zero-order valence-electron chi connectivity index (χ0n) is 11.9. The van der Waals surface area contributed by atoms with Crippen LogP contribution in [-0.4, -0.2) is 11.1 Å². The molecule has 0 aliphatic carbocycles. The molecule has 0 amide bonds. The minimum atomic E-state index is -0.672. The molecule has 1 unspecified atom stereocenters. The summed E-state index contributed by atoms with van der Waals surface area (Å²) >= 11 is 6.04. The molecular formula is C16H19ClN2O. The van der Waals surface area contributed by atoms with E-state index >= 15 is 0 Å². The first-order valence-electron chi connectivity index (χ1n) is 6.56. The third-order valence-electron chi connectivity index (χ3n) is 3.11. The molecule has 1 aromatic heterocycles. The van der Waals surface area contributed by atoms with Gasteiger partial charge in [-0.1, -0.05) is 23.7 Å². The first kappa shape index (κ1) is 14.8. The first-order valence-corrected chi connectivity index (χ1v) is 6.94. The van der Waals surface area contributed by atoms with E-state index in [-0.39, 0.29) is 6.10 Å². The van der Waals surface area contributed by atoms with Crippen LogP contribution in [0.5, 0.6) is 5.75 Å². The van der Waals surface area contributed by atoms with Crippen molar-refractivity contribution in [1.29, 1.82) is 0 Å². The number of nitrogens with zero attached hydrogens (tertiary/aromatic N) is 1. The summed E-state index contributed by atoms with van der Waals surface area (Å²) in [5.74, 6) is 0.719. The van der Waals surface area contributed by atoms with Crippen molar-refractivity contribution in [2.45, 2.75) is 32.4 Å². The summed E-state index contributed by atoms with van der Waals surface area (Å²) < 4.78 is 5.67. The second kappa shape index (κ2) is 5.81. The molecule has 20 heavy (non-hydrogen) atoms. The van der Waals surface area contributed by atoms with Gasteiger partial charge in [-0.25, -0.2) is 0 Å². The van der Waals surface area contributed by atoms with E-state index in [0.717, 1.165) is 16.9 Å². The van der Waals surface area contributed by atoms with Crippen LogP contribution >= 0.6 is 11.6 Å². The second-order valence-electron chi connectivity index (χ2n) is 5.29. The summed E-state index contributed by atoms with van der Waals surface area (Å²) in [4.78, 5) is 4.21. The van der Waals surface area contributed by atoms with Crippen molar-refractivity contribution in [3.8, 4) is 5.75 Å². The number of benzene rings is 1. The van der Waals surface area contributed by atoms with E-state index in [4.69, 9.17) is 22.1 Å². The van der Waals surface area contributed by atoms with Crippen LogP contribution in [-0.2, 0) is 5.54 Å². The number of aromatic nitrogens is 1. The van der Waals surface area contributed by atoms with Gasteiger partial charge in [0.2, 0.25) is 0 Å². The topological polar surface area (TPSA) is 48.1 Å². The SMILES string of the molecule is CC(C)Oc1cncc(C(C)(N)c2cccc(Cl)c2)c1. The van der Waals surface area contributed by atoms with Gasteiger partial charge in [0.25, 0.3) is 0 Å². The number of ether oxygens (including phenoxy) is 1. The molecule has 106 valence electrons. The fourth-order valence-electron chi connectivity index (χ4n) is 2.02. The summed E-state index contributed by atoms with van der Waals surface area (Å²) in [5, 5.41) is 0.668. The molecule has 0 bridgehead atoms. The van der Waals surface area contributed by atoms with Crippen molar-refractivity contribution < 1.29 is 4.74 Å². The quantitative estimate of drug-likeness (QED) is 0.933. The Kier molecular flexibility index (Phi) is 4.31. The summed E-state index contributed by atoms with van der Waals surface area (Å²) in [7, 11) is 0. The van der Waals surface area contributed by atoms with Gasteiger partial charge in [-0.3, -0.25) is 4.98 Å². The molecule has 0 aliphatic heterocycles. The number of hydrogen-bond acceptors (Lipinski definition) is 3. The molecule has 0 aliphatic rings. The van der Waals surface area contributed by atoms with Crippen LogP contribution in [0.2, 0.25) is 5.02 Å². The van der Waals surface area contributed by atoms with E-state index in [2.05, 4.69) is 4.98 Å². The van der Waals surface area contributed by atoms with E-state index in [1.165, 1.54) is 0 Å². The van der Waals surface area contributed by atoms with Crippen molar-refractivity contribution >= 4 is 11.6 Å². The maximum Gasteiger partial charge on any atom is 0.138 e. The first-order chi connectivity index (χ1) is 9.39. The van der Waals surface area contributed by atoms with E-state index < -0.39 is 5.54 Å². The molecule has 1 heterocycles. The van der Waals surface area contributed by atoms with E-state index in [9.17, 15) is 0 Å². The fraction of sp³-hybridized carbons (Fsp3) is 0.312. The lowest BCUT2D eigenvalue weighted by atomic mass is 9.86. The number of hydrogen-bond donors (Lipinski definition) is 1. The Morgan fingerprint density at radius 2 is 1.95 bits per heavy atom. The Morgan fingerprint density at radius 3 is 2.60 bits per heavy atom. The summed E-state index contributed by atoms with van der Waals surface area (Å²) in [5.41, 5.74) is 7.63. The highest BCUT2D eigenvalue weighted by Gasteiger charge is 2.25. The lowest BCUT2D eigenvalue weighted by molar-refractivity contribution is 0.241. The lowest BCUT2D eigenvalue weighted by Gasteiger charge is -2.26. The largest absolute Gasteiger partial charge is 0.489 e. The molecule has 3 nitrogen and oxygen atoms in total. The van der Waals surface area contributed by atoms with E-state index in [1.54, 1.807) is 12.4 Å². The molecule has 4 heteroatoms. The second-order valence-corrected chi connectivity index (χ2v) is 5.73. The predicted octanol–water partition coefficient (Wildman–Crippen LogP) is 3.74. The Labute approximate surface area is 124 Å². The van der Waals surface area contributed by atoms with Gasteiger partial charge in [-0.2, -0.15) is 0 Å². The molecule has 1 aromatic carbocycles. The summed E-state index contributed by atoms with van der Waals surface area (Å²) in [6.45, 7) is 5.89. The number of rotatable bonds is 4. The van der Waals surface area contributed by atoms with Gasteiger partial charge in [0.1, 0.15) is 5.75 Å². The van der Waals surface area contributed by atoms with E-state index in [0.29, 0.717) is 5.02 Å². The highest BCUT2D eigenvalue weighted by atomic mass is 35.5. The maximum absolute atomic E-state index is 6.47. The van der Waals surface area contributed by atoms with Gasteiger partial charge in [0, 0.05) is 11.2 Å². The van der Waals surface area contributed by atoms with Crippen molar-refractivity contribution in [1.82, 2.24) is 4.98 Å². The standard InChI is InChI=1S/C16H19ClN2O/c1-11(2)20-15-8-13(9-19-10-15)16(3,18)12-5-4-6-14(17)7-12/h4-11H,18H2,1-3H3. The van der Waals surface area contributed by atoms with Crippen LogP contribution in [0.15, 0.2) is 42.7 Å². The molecule has 1 atom stereocenters. The van der Waals surface area contributed by atoms with Crippen molar-refractivity contribution in [3.05, 3.63) is 58.9 Å². The van der Waals surface area contributed by atoms with Crippen molar-refractivity contribution in [2.75, 3.05) is 0 Å². The van der Waals surface area contributed by atoms with Crippen LogP contribution in [0.25, 0.3) is 0 Å². The zero-order chi connectivity index (χ0) is 14.8. The predicted molar refractivity (Wildman–Crippen MR) is 82.1 cm³/mol. The zero-order valence-corrected chi connectivity index (χ0v) is 12.7. The molecule has 2 aromatic rings. The molecule has 0 fully saturated rings. The molecule has 0 saturated carbocycles. The van der Waals surface area contributed by atoms with Crippen LogP contribution in [0, 0.1) is 0 Å². The molecular weight excluding hydrogens is 272 g/mol. The van der Waals surface area contributed by atoms with Gasteiger partial charge in [-0.05, 0) is 50.1 Å². The lowest BCUT2D eigenvalue weighted by Crippen LogP contribution is -2.34. The number of pyridine rings is 1. The van der Waals surface area contributed by atoms with Crippen molar-refractivity contribution in [2.24, 2.45) is 5.73 Å². The minimum absolute atomic E-state index is 0.0993. The fourth-order valence-corrected chi connectivity index (χ4v) is 2.21. The Hall–Kier alpha value is -1.58. The third kappa shape index (κ3) is 3.30. The van der Waals surface area contributed by atoms with Crippen LogP contribution in [0.3, 0.4) is 0 Å². The van der Waals surface area contributed by atoms with Crippen LogP contribution in [0.1, 0.15) is 31.9 Å². The number of nitrogens with two attached hydrogens (primary N) is 1. The monoisotopic (exact) mass is 290 g/mol. The van der Waals surface area contributed by atoms with Gasteiger partial charge in [0.05, 0.1) is 17.8 Å². The highest BCUT2D eigenvalue weighted by molar-refractivity contribution is 6.30. The Morgan fingerprint density at radius 1 is 1.20 bits per heavy atom. The average Bonchev–Trinajstić information content (AvgIpc) is 2.38. The molecule has 2 rings (SSSR count). The van der Waals surface area contributed by atoms with Gasteiger partial charge < -0.3 is 10.5 Å². The molecule has 2 N–H and O–H groups in total. The molecule has 0 saturated heterocycles. The van der Waals surface area contributed by atoms with E-state index in [1.807, 2.05) is 51.1 Å². The average molecular weight is 291 g/mol. The van der Waals surface area contributed by atoms with Crippen molar-refractivity contribution in [3.63, 3.8) is 0 Å². The summed E-state index contributed by atoms with van der Waals surface area (Å²) in [6, 6.07) is 9.48. The van der Waals surface area contributed by atoms with Gasteiger partial charge in [-0.15, -0.1) is 0 Å². The number of halogens is 1. The van der Waals surface area contributed by atoms with Gasteiger partial charge in [0.15, 0.2) is 0 Å². The molecule has 0 spiro atoms. The van der Waals surface area contributed by atoms with Gasteiger partial charge >= 0.3 is 0 Å². The normalized spacial score (nSPS) is 14.1. The third-order valence-corrected chi connectivity index (χ3v) is 3.34. The van der Waals surface area contributed by atoms with Crippen LogP contribution < -0.4 is 10.5 Å². The Bertz CT molecular complexity index is 597. The summed E-state index contributed by atoms with van der Waals surface area (Å²) in [6.07, 6.45) is 3.55. The Balaban J connectivity index is 2.38. The maximum atomic E-state index is 6.47. The molecule has 0 radical (unpaired) electrons. The van der Waals surface area contributed by atoms with Crippen LogP contribution in [0.4, 0.5) is 0 Å².